The quantitative estimate of drug-likeness (QED) is 0.669. The zero-order valence-corrected chi connectivity index (χ0v) is 11.0. The third-order valence-corrected chi connectivity index (χ3v) is 3.70. The summed E-state index contributed by atoms with van der Waals surface area (Å²) in [5, 5.41) is 15.1. The standard InChI is InChI=1S/C11H9N5O3S/c12-11-8(13-14-20-11)5-15-9-2-1-7(16(18)19)3-6(9)4-10(15)17/h1-3H,4-5,12H2. The van der Waals surface area contributed by atoms with Crippen LogP contribution < -0.4 is 10.6 Å². The van der Waals surface area contributed by atoms with Gasteiger partial charge in [-0.3, -0.25) is 14.9 Å². The molecule has 0 bridgehead atoms. The Bertz CT molecular complexity index is 714. The lowest BCUT2D eigenvalue weighted by Gasteiger charge is -2.15. The SMILES string of the molecule is Nc1snnc1CN1C(=O)Cc2cc([N+](=O)[O-])ccc21. The lowest BCUT2D eigenvalue weighted by atomic mass is 10.1. The molecule has 1 aromatic heterocycles. The van der Waals surface area contributed by atoms with Gasteiger partial charge in [-0.1, -0.05) is 4.49 Å². The van der Waals surface area contributed by atoms with Crippen LogP contribution in [0.5, 0.6) is 0 Å². The Labute approximate surface area is 117 Å². The number of carbonyl (C=O) groups excluding carboxylic acids is 1. The molecule has 0 radical (unpaired) electrons. The van der Waals surface area contributed by atoms with Crippen molar-refractivity contribution in [3.63, 3.8) is 0 Å². The van der Waals surface area contributed by atoms with Gasteiger partial charge in [0.05, 0.1) is 17.9 Å². The highest BCUT2D eigenvalue weighted by atomic mass is 32.1. The molecule has 1 amide bonds. The van der Waals surface area contributed by atoms with Gasteiger partial charge in [0.2, 0.25) is 5.91 Å². The zero-order chi connectivity index (χ0) is 14.3. The Hall–Kier alpha value is -2.55. The molecule has 9 heteroatoms. The number of aromatic nitrogens is 2. The van der Waals surface area contributed by atoms with Gasteiger partial charge in [0.1, 0.15) is 10.7 Å². The number of nitrogen functional groups attached to an aromatic ring is 1. The normalized spacial score (nSPS) is 13.6. The first-order valence-corrected chi connectivity index (χ1v) is 6.48. The molecule has 0 spiro atoms. The van der Waals surface area contributed by atoms with Crippen LogP contribution in [0.4, 0.5) is 16.4 Å². The Kier molecular flexibility index (Phi) is 2.83. The Morgan fingerprint density at radius 2 is 2.30 bits per heavy atom. The van der Waals surface area contributed by atoms with Crippen LogP contribution in [-0.2, 0) is 17.8 Å². The van der Waals surface area contributed by atoms with E-state index in [0.717, 1.165) is 11.5 Å². The number of nitro benzene ring substituents is 1. The molecule has 1 aromatic carbocycles. The van der Waals surface area contributed by atoms with Crippen LogP contribution in [0.2, 0.25) is 0 Å². The largest absolute Gasteiger partial charge is 0.388 e. The Morgan fingerprint density at radius 3 is 2.95 bits per heavy atom. The van der Waals surface area contributed by atoms with E-state index < -0.39 is 4.92 Å². The number of hydrogen-bond acceptors (Lipinski definition) is 7. The first-order chi connectivity index (χ1) is 9.56. The highest BCUT2D eigenvalue weighted by molar-refractivity contribution is 7.09. The summed E-state index contributed by atoms with van der Waals surface area (Å²) in [4.78, 5) is 23.8. The van der Waals surface area contributed by atoms with E-state index >= 15 is 0 Å². The summed E-state index contributed by atoms with van der Waals surface area (Å²) in [7, 11) is 0. The molecule has 20 heavy (non-hydrogen) atoms. The van der Waals surface area contributed by atoms with Gasteiger partial charge in [0.15, 0.2) is 0 Å². The molecule has 1 aliphatic heterocycles. The van der Waals surface area contributed by atoms with Crippen molar-refractivity contribution >= 4 is 33.8 Å². The fraction of sp³-hybridized carbons (Fsp3) is 0.182. The highest BCUT2D eigenvalue weighted by Crippen LogP contribution is 2.33. The fourth-order valence-corrected chi connectivity index (χ4v) is 2.57. The summed E-state index contributed by atoms with van der Waals surface area (Å²) in [6, 6.07) is 4.39. The first kappa shape index (κ1) is 12.5. The molecule has 0 saturated heterocycles. The summed E-state index contributed by atoms with van der Waals surface area (Å²) >= 11 is 1.07. The highest BCUT2D eigenvalue weighted by Gasteiger charge is 2.29. The smallest absolute Gasteiger partial charge is 0.269 e. The Morgan fingerprint density at radius 1 is 1.50 bits per heavy atom. The van der Waals surface area contributed by atoms with Gasteiger partial charge >= 0.3 is 0 Å². The van der Waals surface area contributed by atoms with Crippen molar-refractivity contribution < 1.29 is 9.72 Å². The van der Waals surface area contributed by atoms with Crippen LogP contribution >= 0.6 is 11.5 Å². The van der Waals surface area contributed by atoms with Gasteiger partial charge in [0.25, 0.3) is 5.69 Å². The van der Waals surface area contributed by atoms with Crippen molar-refractivity contribution in [3.8, 4) is 0 Å². The topological polar surface area (TPSA) is 115 Å². The molecule has 2 heterocycles. The number of carbonyl (C=O) groups is 1. The average Bonchev–Trinajstić information content (AvgIpc) is 2.94. The van der Waals surface area contributed by atoms with Gasteiger partial charge < -0.3 is 10.6 Å². The summed E-state index contributed by atoms with van der Waals surface area (Å²) in [6.45, 7) is 0.228. The minimum absolute atomic E-state index is 0.0201. The number of nitrogens with two attached hydrogens (primary N) is 1. The van der Waals surface area contributed by atoms with E-state index in [9.17, 15) is 14.9 Å². The molecule has 2 aromatic rings. The van der Waals surface area contributed by atoms with E-state index in [1.54, 1.807) is 6.07 Å². The van der Waals surface area contributed by atoms with Crippen LogP contribution in [0, 0.1) is 10.1 Å². The van der Waals surface area contributed by atoms with E-state index in [4.69, 9.17) is 5.73 Å². The molecule has 0 saturated carbocycles. The maximum Gasteiger partial charge on any atom is 0.269 e. The molecule has 2 N–H and O–H groups in total. The number of nitrogens with zero attached hydrogens (tertiary/aromatic N) is 4. The lowest BCUT2D eigenvalue weighted by molar-refractivity contribution is -0.384. The van der Waals surface area contributed by atoms with E-state index in [-0.39, 0.29) is 24.6 Å². The maximum atomic E-state index is 12.0. The maximum absolute atomic E-state index is 12.0. The number of fused-ring (bicyclic) bond motifs is 1. The van der Waals surface area contributed by atoms with Crippen molar-refractivity contribution in [1.82, 2.24) is 9.59 Å². The molecular weight excluding hydrogens is 282 g/mol. The molecule has 8 nitrogen and oxygen atoms in total. The van der Waals surface area contributed by atoms with Crippen LogP contribution in [0.1, 0.15) is 11.3 Å². The zero-order valence-electron chi connectivity index (χ0n) is 10.1. The number of amides is 1. The molecule has 0 unspecified atom stereocenters. The van der Waals surface area contributed by atoms with Crippen molar-refractivity contribution in [3.05, 3.63) is 39.6 Å². The van der Waals surface area contributed by atoms with Gasteiger partial charge in [0, 0.05) is 29.4 Å². The van der Waals surface area contributed by atoms with E-state index in [1.165, 1.54) is 17.0 Å². The lowest BCUT2D eigenvalue weighted by Crippen LogP contribution is -2.26. The summed E-state index contributed by atoms with van der Waals surface area (Å²) in [6.07, 6.45) is 0.147. The number of anilines is 2. The molecule has 102 valence electrons. The van der Waals surface area contributed by atoms with Crippen molar-refractivity contribution in [2.24, 2.45) is 0 Å². The van der Waals surface area contributed by atoms with Gasteiger partial charge in [-0.2, -0.15) is 0 Å². The second kappa shape index (κ2) is 4.53. The van der Waals surface area contributed by atoms with Gasteiger partial charge in [-0.05, 0) is 11.6 Å². The molecule has 0 fully saturated rings. The fourth-order valence-electron chi connectivity index (χ4n) is 2.13. The summed E-state index contributed by atoms with van der Waals surface area (Å²) in [5.74, 6) is -0.132. The minimum atomic E-state index is -0.476. The van der Waals surface area contributed by atoms with E-state index in [1.807, 2.05) is 0 Å². The van der Waals surface area contributed by atoms with Crippen LogP contribution in [0.25, 0.3) is 0 Å². The number of benzene rings is 1. The number of hydrogen-bond donors (Lipinski definition) is 1. The molecule has 0 aliphatic carbocycles. The predicted octanol–water partition coefficient (Wildman–Crippen LogP) is 1.12. The van der Waals surface area contributed by atoms with Crippen LogP contribution in [-0.4, -0.2) is 20.4 Å². The molecule has 3 rings (SSSR count). The van der Waals surface area contributed by atoms with Crippen LogP contribution in [0.15, 0.2) is 18.2 Å². The monoisotopic (exact) mass is 291 g/mol. The van der Waals surface area contributed by atoms with Crippen LogP contribution in [0.3, 0.4) is 0 Å². The Balaban J connectivity index is 1.94. The first-order valence-electron chi connectivity index (χ1n) is 5.70. The van der Waals surface area contributed by atoms with E-state index in [0.29, 0.717) is 21.9 Å². The molecule has 0 atom stereocenters. The molecular formula is C11H9N5O3S. The minimum Gasteiger partial charge on any atom is -0.388 e. The predicted molar refractivity (Wildman–Crippen MR) is 72.3 cm³/mol. The number of non-ortho nitro benzene ring substituents is 1. The van der Waals surface area contributed by atoms with Crippen molar-refractivity contribution in [1.29, 1.82) is 0 Å². The summed E-state index contributed by atoms with van der Waals surface area (Å²) in [5.41, 5.74) is 7.54. The van der Waals surface area contributed by atoms with Gasteiger partial charge in [-0.15, -0.1) is 5.10 Å². The van der Waals surface area contributed by atoms with E-state index in [2.05, 4.69) is 9.59 Å². The third kappa shape index (κ3) is 1.97. The summed E-state index contributed by atoms with van der Waals surface area (Å²) < 4.78 is 3.72. The van der Waals surface area contributed by atoms with Gasteiger partial charge in [-0.25, -0.2) is 0 Å². The second-order valence-electron chi connectivity index (χ2n) is 4.31. The number of rotatable bonds is 3. The number of nitro groups is 1. The third-order valence-electron chi connectivity index (χ3n) is 3.10. The van der Waals surface area contributed by atoms with Crippen molar-refractivity contribution in [2.75, 3.05) is 10.6 Å². The van der Waals surface area contributed by atoms with Crippen molar-refractivity contribution in [2.45, 2.75) is 13.0 Å². The molecule has 1 aliphatic rings. The average molecular weight is 291 g/mol. The second-order valence-corrected chi connectivity index (χ2v) is 5.10.